The third kappa shape index (κ3) is 18.4. The summed E-state index contributed by atoms with van der Waals surface area (Å²) in [7, 11) is 2.40. The molecule has 0 amide bonds. The lowest BCUT2D eigenvalue weighted by molar-refractivity contribution is -0.155. The van der Waals surface area contributed by atoms with Crippen LogP contribution in [0, 0.1) is 0 Å². The van der Waals surface area contributed by atoms with E-state index >= 15 is 0 Å². The van der Waals surface area contributed by atoms with Crippen molar-refractivity contribution >= 4 is 23.9 Å². The first-order valence-electron chi connectivity index (χ1n) is 12.1. The summed E-state index contributed by atoms with van der Waals surface area (Å²) in [6.07, 6.45) is 2.26. The number of aliphatic hydroxyl groups is 3. The average molecular weight is 581 g/mol. The molecule has 0 saturated carbocycles. The molecular formula is C25H40O15. The summed E-state index contributed by atoms with van der Waals surface area (Å²) >= 11 is 0. The Bertz CT molecular complexity index is 849. The van der Waals surface area contributed by atoms with Crippen LogP contribution in [-0.4, -0.2) is 123 Å². The fourth-order valence-electron chi connectivity index (χ4n) is 2.61. The maximum absolute atomic E-state index is 11.2. The number of esters is 4. The van der Waals surface area contributed by atoms with Crippen LogP contribution in [0.25, 0.3) is 0 Å². The molecule has 2 saturated heterocycles. The molecule has 2 aliphatic heterocycles. The molecule has 230 valence electrons. The predicted octanol–water partition coefficient (Wildman–Crippen LogP) is -0.847. The van der Waals surface area contributed by atoms with E-state index in [1.807, 2.05) is 13.8 Å². The molecule has 3 unspecified atom stereocenters. The Morgan fingerprint density at radius 1 is 0.775 bits per heavy atom. The van der Waals surface area contributed by atoms with E-state index in [9.17, 15) is 19.2 Å². The number of hydrogen-bond donors (Lipinski definition) is 3. The quantitative estimate of drug-likeness (QED) is 0.164. The number of carbonyl (C=O) groups is 4. The van der Waals surface area contributed by atoms with Crippen molar-refractivity contribution in [3.05, 3.63) is 24.3 Å². The van der Waals surface area contributed by atoms with Gasteiger partial charge in [-0.3, -0.25) is 0 Å². The molecule has 3 N–H and O–H groups in total. The molecular weight excluding hydrogens is 540 g/mol. The molecule has 0 aromatic carbocycles. The number of carbonyl (C=O) groups excluding carboxylic acids is 4. The Balaban J connectivity index is 0.000000596. The van der Waals surface area contributed by atoms with Crippen LogP contribution in [-0.2, 0) is 57.1 Å². The molecule has 40 heavy (non-hydrogen) atoms. The summed E-state index contributed by atoms with van der Waals surface area (Å²) in [5.74, 6) is -3.83. The zero-order valence-corrected chi connectivity index (χ0v) is 23.5. The lowest BCUT2D eigenvalue weighted by atomic mass is 10.4. The first kappa shape index (κ1) is 37.1. The van der Waals surface area contributed by atoms with Gasteiger partial charge in [0.25, 0.3) is 0 Å². The maximum Gasteiger partial charge on any atom is 0.331 e. The van der Waals surface area contributed by atoms with Gasteiger partial charge < -0.3 is 53.2 Å². The summed E-state index contributed by atoms with van der Waals surface area (Å²) in [4.78, 5) is 43.1. The van der Waals surface area contributed by atoms with Crippen LogP contribution in [0.2, 0.25) is 0 Å². The van der Waals surface area contributed by atoms with E-state index in [1.54, 1.807) is 13.8 Å². The Labute approximate surface area is 232 Å². The van der Waals surface area contributed by atoms with E-state index in [2.05, 4.69) is 14.2 Å². The molecule has 0 spiro atoms. The van der Waals surface area contributed by atoms with Crippen LogP contribution in [0.4, 0.5) is 0 Å². The topological polar surface area (TPSA) is 203 Å². The zero-order valence-electron chi connectivity index (χ0n) is 23.5. The third-order valence-electron chi connectivity index (χ3n) is 4.49. The highest BCUT2D eigenvalue weighted by molar-refractivity contribution is 5.92. The number of methoxy groups -OCH3 is 2. The summed E-state index contributed by atoms with van der Waals surface area (Å²) in [5.41, 5.74) is 0. The van der Waals surface area contributed by atoms with Gasteiger partial charge in [-0.1, -0.05) is 0 Å². The van der Waals surface area contributed by atoms with Crippen molar-refractivity contribution in [3.8, 4) is 0 Å². The molecule has 2 aliphatic rings. The van der Waals surface area contributed by atoms with Crippen molar-refractivity contribution in [3.63, 3.8) is 0 Å². The predicted molar refractivity (Wildman–Crippen MR) is 134 cm³/mol. The van der Waals surface area contributed by atoms with Gasteiger partial charge in [0, 0.05) is 24.3 Å². The standard InChI is InChI=1S/C11H16O6.C8H12O6.C6H12O3/c1-11(2)16-7-8(17-11)6-15-10(13)5-4-9(12)14-3;1-13-7(11)2-3-8(12)14-5-6(10)4-9;1-6(2)8-4-5(3-7)9-6/h4-5,8H,6-7H2,1-3H3;2-3,6,9-10H,4-5H2,1H3;5,7H,3-4H2,1-2H3/b5-4+;3-2+;. The van der Waals surface area contributed by atoms with E-state index in [-0.39, 0.29) is 32.0 Å². The molecule has 3 atom stereocenters. The first-order valence-corrected chi connectivity index (χ1v) is 12.1. The van der Waals surface area contributed by atoms with Crippen molar-refractivity contribution in [1.82, 2.24) is 0 Å². The number of hydrogen-bond acceptors (Lipinski definition) is 15. The second-order valence-electron chi connectivity index (χ2n) is 8.89. The van der Waals surface area contributed by atoms with Gasteiger partial charge in [0.1, 0.15) is 31.5 Å². The van der Waals surface area contributed by atoms with Gasteiger partial charge in [-0.25, -0.2) is 19.2 Å². The summed E-state index contributed by atoms with van der Waals surface area (Å²) < 4.78 is 39.0. The Hall–Kier alpha value is -2.92. The lowest BCUT2D eigenvalue weighted by Crippen LogP contribution is -2.24. The van der Waals surface area contributed by atoms with E-state index < -0.39 is 48.2 Å². The van der Waals surface area contributed by atoms with Crippen molar-refractivity contribution in [1.29, 1.82) is 0 Å². The van der Waals surface area contributed by atoms with Gasteiger partial charge in [-0.15, -0.1) is 0 Å². The van der Waals surface area contributed by atoms with Crippen LogP contribution in [0.1, 0.15) is 27.7 Å². The van der Waals surface area contributed by atoms with Crippen molar-refractivity contribution < 1.29 is 72.4 Å². The van der Waals surface area contributed by atoms with Crippen LogP contribution in [0.15, 0.2) is 24.3 Å². The molecule has 0 aromatic heterocycles. The van der Waals surface area contributed by atoms with Gasteiger partial charge in [-0.2, -0.15) is 0 Å². The molecule has 2 rings (SSSR count). The fraction of sp³-hybridized carbons (Fsp3) is 0.680. The summed E-state index contributed by atoms with van der Waals surface area (Å²) in [6.45, 7) is 7.44. The van der Waals surface area contributed by atoms with Gasteiger partial charge in [0.05, 0.1) is 40.6 Å². The van der Waals surface area contributed by atoms with E-state index in [0.717, 1.165) is 24.3 Å². The molecule has 0 aliphatic carbocycles. The Morgan fingerprint density at radius 3 is 1.55 bits per heavy atom. The smallest absolute Gasteiger partial charge is 0.331 e. The molecule has 15 nitrogen and oxygen atoms in total. The van der Waals surface area contributed by atoms with Gasteiger partial charge in [-0.05, 0) is 27.7 Å². The highest BCUT2D eigenvalue weighted by Gasteiger charge is 2.33. The van der Waals surface area contributed by atoms with Crippen LogP contribution >= 0.6 is 0 Å². The SMILES string of the molecule is CC1(C)OCC(CO)O1.COC(=O)/C=C/C(=O)OCC(O)CO.COC(=O)/C=C/C(=O)OCC1COC(C)(C)O1. The Morgan fingerprint density at radius 2 is 1.20 bits per heavy atom. The fourth-order valence-corrected chi connectivity index (χ4v) is 2.61. The summed E-state index contributed by atoms with van der Waals surface area (Å²) in [5, 5.41) is 25.8. The van der Waals surface area contributed by atoms with Gasteiger partial charge in [0.2, 0.25) is 0 Å². The minimum atomic E-state index is -1.11. The molecule has 2 fully saturated rings. The summed E-state index contributed by atoms with van der Waals surface area (Å²) in [6, 6.07) is 0. The molecule has 15 heteroatoms. The van der Waals surface area contributed by atoms with Crippen molar-refractivity contribution in [2.75, 3.05) is 53.9 Å². The second-order valence-corrected chi connectivity index (χ2v) is 8.89. The highest BCUT2D eigenvalue weighted by atomic mass is 16.8. The molecule has 0 bridgehead atoms. The number of rotatable bonds is 10. The van der Waals surface area contributed by atoms with Crippen LogP contribution in [0.5, 0.6) is 0 Å². The minimum Gasteiger partial charge on any atom is -0.466 e. The maximum atomic E-state index is 11.2. The molecule has 0 aromatic rings. The minimum absolute atomic E-state index is 0.0451. The second kappa shape index (κ2) is 19.2. The van der Waals surface area contributed by atoms with Gasteiger partial charge >= 0.3 is 23.9 Å². The van der Waals surface area contributed by atoms with Crippen LogP contribution < -0.4 is 0 Å². The number of aliphatic hydroxyl groups excluding tert-OH is 3. The van der Waals surface area contributed by atoms with E-state index in [0.29, 0.717) is 13.2 Å². The van der Waals surface area contributed by atoms with Gasteiger partial charge in [0.15, 0.2) is 11.6 Å². The highest BCUT2D eigenvalue weighted by Crippen LogP contribution is 2.22. The van der Waals surface area contributed by atoms with Crippen LogP contribution in [0.3, 0.4) is 0 Å². The third-order valence-corrected chi connectivity index (χ3v) is 4.49. The normalized spacial score (nSPS) is 21.4. The van der Waals surface area contributed by atoms with Crippen molar-refractivity contribution in [2.45, 2.75) is 57.6 Å². The average Bonchev–Trinajstić information content (AvgIpc) is 3.47. The first-order chi connectivity index (χ1) is 18.7. The van der Waals surface area contributed by atoms with E-state index in [4.69, 9.17) is 39.0 Å². The molecule has 0 radical (unpaired) electrons. The number of ether oxygens (including phenoxy) is 8. The Kier molecular flexibility index (Phi) is 17.8. The monoisotopic (exact) mass is 580 g/mol. The largest absolute Gasteiger partial charge is 0.466 e. The lowest BCUT2D eigenvalue weighted by Gasteiger charge is -2.16. The van der Waals surface area contributed by atoms with E-state index in [1.165, 1.54) is 14.2 Å². The zero-order chi connectivity index (χ0) is 30.8. The molecule has 2 heterocycles. The van der Waals surface area contributed by atoms with Crippen molar-refractivity contribution in [2.24, 2.45) is 0 Å².